The van der Waals surface area contributed by atoms with Crippen molar-refractivity contribution in [1.82, 2.24) is 30.4 Å². The van der Waals surface area contributed by atoms with Crippen LogP contribution in [0.15, 0.2) is 61.1 Å². The van der Waals surface area contributed by atoms with Gasteiger partial charge in [0.2, 0.25) is 0 Å². The normalized spacial score (nSPS) is 11.5. The van der Waals surface area contributed by atoms with Crippen molar-refractivity contribution in [3.8, 4) is 33.0 Å². The molecule has 0 spiro atoms. The molecule has 150 valence electrons. The number of nitrogens with one attached hydrogen (secondary N) is 3. The summed E-state index contributed by atoms with van der Waals surface area (Å²) in [6.07, 6.45) is 5.41. The lowest BCUT2D eigenvalue weighted by atomic mass is 10.1. The van der Waals surface area contributed by atoms with Crippen LogP contribution in [0.4, 0.5) is 0 Å². The summed E-state index contributed by atoms with van der Waals surface area (Å²) in [5.74, 6) is 0.0861. The Morgan fingerprint density at radius 2 is 1.97 bits per heavy atom. The summed E-state index contributed by atoms with van der Waals surface area (Å²) in [5, 5.41) is 16.4. The standard InChI is InChI=1S/C23H16N6OS/c1-12(30)20-5-6-21(31-20)15-3-2-4-18-16(15)8-19(27-18)22-17-7-13(14-10-25-26-11-14)9-24-23(17)29-28-22/h2-11,27H,1H3,(H,25,26)(H,24,28,29). The maximum absolute atomic E-state index is 11.7. The molecule has 1 aromatic carbocycles. The van der Waals surface area contributed by atoms with Crippen molar-refractivity contribution in [3.63, 3.8) is 0 Å². The first-order chi connectivity index (χ1) is 15.2. The van der Waals surface area contributed by atoms with E-state index in [-0.39, 0.29) is 5.78 Å². The highest BCUT2D eigenvalue weighted by Crippen LogP contribution is 2.37. The number of carbonyl (C=O) groups is 1. The van der Waals surface area contributed by atoms with E-state index in [4.69, 9.17) is 0 Å². The van der Waals surface area contributed by atoms with Gasteiger partial charge in [0.05, 0.1) is 22.5 Å². The molecule has 0 saturated heterocycles. The summed E-state index contributed by atoms with van der Waals surface area (Å²) in [6.45, 7) is 1.60. The Morgan fingerprint density at radius 1 is 1.03 bits per heavy atom. The van der Waals surface area contributed by atoms with E-state index >= 15 is 0 Å². The molecule has 0 saturated carbocycles. The SMILES string of the molecule is CC(=O)c1ccc(-c2cccc3[nH]c(-c4[nH]nc5ncc(-c6cn[nH]c6)cc45)cc23)s1. The van der Waals surface area contributed by atoms with Crippen molar-refractivity contribution >= 4 is 39.1 Å². The number of fused-ring (bicyclic) bond motifs is 2. The molecule has 5 aromatic heterocycles. The van der Waals surface area contributed by atoms with Crippen LogP contribution in [0, 0.1) is 0 Å². The highest BCUT2D eigenvalue weighted by atomic mass is 32.1. The van der Waals surface area contributed by atoms with E-state index < -0.39 is 0 Å². The Labute approximate surface area is 180 Å². The van der Waals surface area contributed by atoms with Crippen molar-refractivity contribution in [2.45, 2.75) is 6.92 Å². The zero-order valence-corrected chi connectivity index (χ0v) is 17.2. The minimum Gasteiger partial charge on any atom is -0.353 e. The van der Waals surface area contributed by atoms with Crippen LogP contribution < -0.4 is 0 Å². The predicted molar refractivity (Wildman–Crippen MR) is 122 cm³/mol. The Balaban J connectivity index is 1.50. The van der Waals surface area contributed by atoms with E-state index in [0.717, 1.165) is 54.1 Å². The lowest BCUT2D eigenvalue weighted by Gasteiger charge is -1.99. The summed E-state index contributed by atoms with van der Waals surface area (Å²) in [6, 6.07) is 14.2. The van der Waals surface area contributed by atoms with Crippen LogP contribution in [0.1, 0.15) is 16.6 Å². The Morgan fingerprint density at radius 3 is 2.77 bits per heavy atom. The molecule has 31 heavy (non-hydrogen) atoms. The third kappa shape index (κ3) is 2.88. The molecular weight excluding hydrogens is 408 g/mol. The molecule has 6 aromatic rings. The molecule has 0 unspecified atom stereocenters. The van der Waals surface area contributed by atoms with E-state index in [0.29, 0.717) is 5.65 Å². The van der Waals surface area contributed by atoms with Crippen molar-refractivity contribution < 1.29 is 4.79 Å². The number of thiophene rings is 1. The van der Waals surface area contributed by atoms with Gasteiger partial charge in [0.1, 0.15) is 0 Å². The van der Waals surface area contributed by atoms with Gasteiger partial charge in [-0.1, -0.05) is 12.1 Å². The fourth-order valence-electron chi connectivity index (χ4n) is 3.85. The lowest BCUT2D eigenvalue weighted by molar-refractivity contribution is 0.102. The third-order valence-corrected chi connectivity index (χ3v) is 6.61. The number of pyridine rings is 1. The molecule has 7 nitrogen and oxygen atoms in total. The molecule has 0 aliphatic rings. The molecule has 3 N–H and O–H groups in total. The van der Waals surface area contributed by atoms with E-state index in [9.17, 15) is 4.79 Å². The second-order valence-corrected chi connectivity index (χ2v) is 8.43. The molecule has 0 aliphatic heterocycles. The average molecular weight is 424 g/mol. The second-order valence-electron chi connectivity index (χ2n) is 7.35. The van der Waals surface area contributed by atoms with Gasteiger partial charge in [-0.15, -0.1) is 11.3 Å². The number of hydrogen-bond donors (Lipinski definition) is 3. The smallest absolute Gasteiger partial charge is 0.181 e. The number of H-pyrrole nitrogens is 3. The fourth-order valence-corrected chi connectivity index (χ4v) is 4.79. The Kier molecular flexibility index (Phi) is 3.87. The van der Waals surface area contributed by atoms with E-state index in [1.165, 1.54) is 11.3 Å². The van der Waals surface area contributed by atoms with Crippen LogP contribution in [-0.4, -0.2) is 36.1 Å². The van der Waals surface area contributed by atoms with Crippen molar-refractivity contribution in [2.75, 3.05) is 0 Å². The van der Waals surface area contributed by atoms with Crippen LogP contribution in [0.2, 0.25) is 0 Å². The molecular formula is C23H16N6OS. The predicted octanol–water partition coefficient (Wildman–Crippen LogP) is 5.43. The van der Waals surface area contributed by atoms with Gasteiger partial charge in [0.15, 0.2) is 11.4 Å². The highest BCUT2D eigenvalue weighted by molar-refractivity contribution is 7.17. The van der Waals surface area contributed by atoms with Crippen LogP contribution in [0.3, 0.4) is 0 Å². The number of nitrogens with zero attached hydrogens (tertiary/aromatic N) is 3. The Bertz CT molecular complexity index is 1570. The molecule has 0 atom stereocenters. The fraction of sp³-hybridized carbons (Fsp3) is 0.0435. The quantitative estimate of drug-likeness (QED) is 0.328. The second kappa shape index (κ2) is 6.75. The number of ketones is 1. The van der Waals surface area contributed by atoms with Crippen LogP contribution >= 0.6 is 11.3 Å². The first-order valence-electron chi connectivity index (χ1n) is 9.74. The van der Waals surface area contributed by atoms with E-state index in [2.05, 4.69) is 54.6 Å². The summed E-state index contributed by atoms with van der Waals surface area (Å²) in [7, 11) is 0. The van der Waals surface area contributed by atoms with Crippen molar-refractivity contribution in [1.29, 1.82) is 0 Å². The monoisotopic (exact) mass is 424 g/mol. The minimum atomic E-state index is 0.0861. The zero-order chi connectivity index (χ0) is 20.9. The van der Waals surface area contributed by atoms with Gasteiger partial charge in [-0.05, 0) is 37.3 Å². The first kappa shape index (κ1) is 17.8. The van der Waals surface area contributed by atoms with Crippen LogP contribution in [0.5, 0.6) is 0 Å². The first-order valence-corrected chi connectivity index (χ1v) is 10.6. The maximum Gasteiger partial charge on any atom is 0.181 e. The average Bonchev–Trinajstić information content (AvgIpc) is 3.58. The number of aromatic nitrogens is 6. The molecule has 0 radical (unpaired) electrons. The van der Waals surface area contributed by atoms with Gasteiger partial charge >= 0.3 is 0 Å². The summed E-state index contributed by atoms with van der Waals surface area (Å²) >= 11 is 1.52. The summed E-state index contributed by atoms with van der Waals surface area (Å²) in [4.78, 5) is 21.6. The topological polar surface area (TPSA) is 103 Å². The number of carbonyl (C=O) groups excluding carboxylic acids is 1. The van der Waals surface area contributed by atoms with Gasteiger partial charge in [0.25, 0.3) is 0 Å². The van der Waals surface area contributed by atoms with Gasteiger partial charge < -0.3 is 4.98 Å². The minimum absolute atomic E-state index is 0.0861. The van der Waals surface area contributed by atoms with E-state index in [1.54, 1.807) is 19.3 Å². The third-order valence-electron chi connectivity index (χ3n) is 5.39. The molecule has 6 rings (SSSR count). The van der Waals surface area contributed by atoms with E-state index in [1.807, 2.05) is 24.4 Å². The van der Waals surface area contributed by atoms with Gasteiger partial charge in [-0.2, -0.15) is 10.2 Å². The Hall–Kier alpha value is -4.04. The maximum atomic E-state index is 11.7. The van der Waals surface area contributed by atoms with Crippen LogP contribution in [0.25, 0.3) is 54.9 Å². The molecule has 8 heteroatoms. The number of rotatable bonds is 4. The molecule has 5 heterocycles. The number of Topliss-reactive ketones (excluding diaryl/α,β-unsaturated/α-hetero) is 1. The van der Waals surface area contributed by atoms with Crippen molar-refractivity contribution in [2.24, 2.45) is 0 Å². The summed E-state index contributed by atoms with van der Waals surface area (Å²) in [5.41, 5.74) is 6.52. The lowest BCUT2D eigenvalue weighted by Crippen LogP contribution is -1.83. The molecule has 0 fully saturated rings. The number of benzene rings is 1. The van der Waals surface area contributed by atoms with Crippen molar-refractivity contribution in [3.05, 3.63) is 65.9 Å². The van der Waals surface area contributed by atoms with Gasteiger partial charge in [-0.25, -0.2) is 4.98 Å². The van der Waals surface area contributed by atoms with Crippen LogP contribution in [-0.2, 0) is 0 Å². The largest absolute Gasteiger partial charge is 0.353 e. The molecule has 0 amide bonds. The highest BCUT2D eigenvalue weighted by Gasteiger charge is 2.15. The van der Waals surface area contributed by atoms with Gasteiger partial charge in [0, 0.05) is 50.3 Å². The summed E-state index contributed by atoms with van der Waals surface area (Å²) < 4.78 is 0. The molecule has 0 bridgehead atoms. The molecule has 0 aliphatic carbocycles. The number of aromatic amines is 3. The zero-order valence-electron chi connectivity index (χ0n) is 16.4. The van der Waals surface area contributed by atoms with Gasteiger partial charge in [-0.3, -0.25) is 15.0 Å². The number of hydrogen-bond acceptors (Lipinski definition) is 5.